The Bertz CT molecular complexity index is 1130. The molecule has 4 aromatic rings. The van der Waals surface area contributed by atoms with E-state index in [0.717, 1.165) is 10.9 Å². The van der Waals surface area contributed by atoms with Gasteiger partial charge in [-0.1, -0.05) is 17.7 Å². The molecule has 8 heteroatoms. The van der Waals surface area contributed by atoms with E-state index < -0.39 is 0 Å². The Labute approximate surface area is 160 Å². The van der Waals surface area contributed by atoms with E-state index in [4.69, 9.17) is 11.6 Å². The number of hydrogen-bond acceptors (Lipinski definition) is 4. The number of nitrogens with one attached hydrogen (secondary N) is 2. The van der Waals surface area contributed by atoms with Gasteiger partial charge in [-0.25, -0.2) is 4.98 Å². The molecule has 2 N–H and O–H groups in total. The Morgan fingerprint density at radius 3 is 2.93 bits per heavy atom. The lowest BCUT2D eigenvalue weighted by molar-refractivity contribution is 0.102. The Morgan fingerprint density at radius 2 is 2.11 bits per heavy atom. The summed E-state index contributed by atoms with van der Waals surface area (Å²) in [5.74, 6) is 0.825. The molecule has 0 atom stereocenters. The molecule has 0 bridgehead atoms. The number of nitrogens with zero attached hydrogens (tertiary/aromatic N) is 4. The van der Waals surface area contributed by atoms with Gasteiger partial charge in [0, 0.05) is 28.2 Å². The smallest absolute Gasteiger partial charge is 0.258 e. The summed E-state index contributed by atoms with van der Waals surface area (Å²) in [6, 6.07) is 11.0. The molecular formula is C19H17ClN6O. The molecule has 0 fully saturated rings. The summed E-state index contributed by atoms with van der Waals surface area (Å²) in [6.45, 7) is 4.08. The third kappa shape index (κ3) is 3.29. The Kier molecular flexibility index (Phi) is 4.37. The van der Waals surface area contributed by atoms with E-state index in [9.17, 15) is 4.79 Å². The molecule has 1 amide bonds. The highest BCUT2D eigenvalue weighted by atomic mass is 35.5. The summed E-state index contributed by atoms with van der Waals surface area (Å²) in [5.41, 5.74) is 1.99. The first-order valence-corrected chi connectivity index (χ1v) is 8.85. The van der Waals surface area contributed by atoms with Gasteiger partial charge in [0.15, 0.2) is 5.82 Å². The molecule has 3 aromatic heterocycles. The number of aromatic amines is 1. The summed E-state index contributed by atoms with van der Waals surface area (Å²) in [5, 5.41) is 12.3. The summed E-state index contributed by atoms with van der Waals surface area (Å²) in [7, 11) is 0. The first kappa shape index (κ1) is 17.2. The van der Waals surface area contributed by atoms with Crippen LogP contribution >= 0.6 is 11.6 Å². The standard InChI is InChI=1S/C19H17ClN6O/c1-11(2)26-10-22-25-18(26)16-4-3-5-17(23-16)24-19(27)14-9-21-15-7-6-12(20)8-13(14)15/h3-11,21H,1-2H3,(H,23,24,27). The molecule has 0 aliphatic carbocycles. The highest BCUT2D eigenvalue weighted by Gasteiger charge is 2.15. The van der Waals surface area contributed by atoms with Gasteiger partial charge in [-0.3, -0.25) is 4.79 Å². The van der Waals surface area contributed by atoms with Crippen molar-refractivity contribution in [2.24, 2.45) is 0 Å². The van der Waals surface area contributed by atoms with Crippen LogP contribution in [-0.2, 0) is 0 Å². The van der Waals surface area contributed by atoms with Crippen LogP contribution in [0.25, 0.3) is 22.4 Å². The largest absolute Gasteiger partial charge is 0.360 e. The monoisotopic (exact) mass is 380 g/mol. The minimum Gasteiger partial charge on any atom is -0.360 e. The minimum atomic E-state index is -0.265. The van der Waals surface area contributed by atoms with Crippen LogP contribution in [0.3, 0.4) is 0 Å². The summed E-state index contributed by atoms with van der Waals surface area (Å²) in [4.78, 5) is 20.3. The minimum absolute atomic E-state index is 0.200. The maximum atomic E-state index is 12.7. The number of rotatable bonds is 4. The number of pyridine rings is 1. The molecule has 27 heavy (non-hydrogen) atoms. The van der Waals surface area contributed by atoms with Gasteiger partial charge < -0.3 is 14.9 Å². The number of fused-ring (bicyclic) bond motifs is 1. The lowest BCUT2D eigenvalue weighted by Gasteiger charge is -2.10. The summed E-state index contributed by atoms with van der Waals surface area (Å²) in [6.07, 6.45) is 3.33. The van der Waals surface area contributed by atoms with Crippen LogP contribution in [0, 0.1) is 0 Å². The molecule has 1 aromatic carbocycles. The Hall–Kier alpha value is -3.19. The van der Waals surface area contributed by atoms with E-state index in [1.807, 2.05) is 36.6 Å². The molecule has 0 unspecified atom stereocenters. The molecule has 0 spiro atoms. The number of amides is 1. The lowest BCUT2D eigenvalue weighted by Crippen LogP contribution is -2.13. The molecule has 3 heterocycles. The molecule has 0 saturated heterocycles. The zero-order chi connectivity index (χ0) is 19.0. The second kappa shape index (κ2) is 6.85. The van der Waals surface area contributed by atoms with E-state index in [2.05, 4.69) is 25.5 Å². The van der Waals surface area contributed by atoms with E-state index in [1.54, 1.807) is 30.7 Å². The number of anilines is 1. The summed E-state index contributed by atoms with van der Waals surface area (Å²) >= 11 is 6.06. The van der Waals surface area contributed by atoms with Crippen LogP contribution in [0.4, 0.5) is 5.82 Å². The van der Waals surface area contributed by atoms with Gasteiger partial charge in [0.2, 0.25) is 0 Å². The fourth-order valence-electron chi connectivity index (χ4n) is 2.90. The fraction of sp³-hybridized carbons (Fsp3) is 0.158. The van der Waals surface area contributed by atoms with Gasteiger partial charge in [-0.15, -0.1) is 10.2 Å². The first-order valence-electron chi connectivity index (χ1n) is 8.48. The van der Waals surface area contributed by atoms with Gasteiger partial charge in [0.1, 0.15) is 17.8 Å². The molecule has 136 valence electrons. The van der Waals surface area contributed by atoms with Crippen molar-refractivity contribution < 1.29 is 4.79 Å². The van der Waals surface area contributed by atoms with Crippen LogP contribution in [0.5, 0.6) is 0 Å². The fourth-order valence-corrected chi connectivity index (χ4v) is 3.07. The van der Waals surface area contributed by atoms with Crippen molar-refractivity contribution in [1.82, 2.24) is 24.7 Å². The van der Waals surface area contributed by atoms with E-state index in [1.165, 1.54) is 0 Å². The van der Waals surface area contributed by atoms with Crippen molar-refractivity contribution in [2.75, 3.05) is 5.32 Å². The average Bonchev–Trinajstić information content (AvgIpc) is 3.28. The van der Waals surface area contributed by atoms with Crippen molar-refractivity contribution in [3.05, 3.63) is 59.5 Å². The number of carbonyl (C=O) groups is 1. The van der Waals surface area contributed by atoms with Crippen molar-refractivity contribution in [3.63, 3.8) is 0 Å². The molecular weight excluding hydrogens is 364 g/mol. The van der Waals surface area contributed by atoms with Gasteiger partial charge in [-0.2, -0.15) is 0 Å². The molecule has 4 rings (SSSR count). The van der Waals surface area contributed by atoms with Crippen molar-refractivity contribution >= 4 is 34.2 Å². The van der Waals surface area contributed by atoms with Crippen LogP contribution in [0.1, 0.15) is 30.2 Å². The predicted molar refractivity (Wildman–Crippen MR) is 105 cm³/mol. The maximum Gasteiger partial charge on any atom is 0.258 e. The lowest BCUT2D eigenvalue weighted by atomic mass is 10.1. The van der Waals surface area contributed by atoms with Crippen molar-refractivity contribution in [3.8, 4) is 11.5 Å². The number of halogens is 1. The van der Waals surface area contributed by atoms with Crippen LogP contribution in [0.15, 0.2) is 48.9 Å². The Morgan fingerprint density at radius 1 is 1.26 bits per heavy atom. The topological polar surface area (TPSA) is 88.5 Å². The van der Waals surface area contributed by atoms with Crippen LogP contribution in [-0.4, -0.2) is 30.6 Å². The van der Waals surface area contributed by atoms with E-state index in [0.29, 0.717) is 27.9 Å². The number of hydrogen-bond donors (Lipinski definition) is 2. The number of carbonyl (C=O) groups excluding carboxylic acids is 1. The highest BCUT2D eigenvalue weighted by molar-refractivity contribution is 6.31. The second-order valence-corrected chi connectivity index (χ2v) is 6.85. The molecule has 7 nitrogen and oxygen atoms in total. The van der Waals surface area contributed by atoms with Gasteiger partial charge >= 0.3 is 0 Å². The third-order valence-corrected chi connectivity index (χ3v) is 4.47. The van der Waals surface area contributed by atoms with Gasteiger partial charge in [-0.05, 0) is 44.2 Å². The molecule has 0 radical (unpaired) electrons. The van der Waals surface area contributed by atoms with E-state index >= 15 is 0 Å². The number of aromatic nitrogens is 5. The zero-order valence-electron chi connectivity index (χ0n) is 14.8. The zero-order valence-corrected chi connectivity index (χ0v) is 15.5. The average molecular weight is 381 g/mol. The van der Waals surface area contributed by atoms with Gasteiger partial charge in [0.25, 0.3) is 5.91 Å². The molecule has 0 aliphatic rings. The van der Waals surface area contributed by atoms with E-state index in [-0.39, 0.29) is 11.9 Å². The van der Waals surface area contributed by atoms with Crippen molar-refractivity contribution in [1.29, 1.82) is 0 Å². The predicted octanol–water partition coefficient (Wildman–Crippen LogP) is 4.31. The SMILES string of the molecule is CC(C)n1cnnc1-c1cccc(NC(=O)c2c[nH]c3ccc(Cl)cc23)n1. The Balaban J connectivity index is 1.64. The third-order valence-electron chi connectivity index (χ3n) is 4.24. The first-order chi connectivity index (χ1) is 13.0. The quantitative estimate of drug-likeness (QED) is 0.552. The van der Waals surface area contributed by atoms with Crippen molar-refractivity contribution in [2.45, 2.75) is 19.9 Å². The number of benzene rings is 1. The summed E-state index contributed by atoms with van der Waals surface area (Å²) < 4.78 is 1.93. The highest BCUT2D eigenvalue weighted by Crippen LogP contribution is 2.24. The van der Waals surface area contributed by atoms with Crippen LogP contribution in [0.2, 0.25) is 5.02 Å². The molecule has 0 aliphatic heterocycles. The van der Waals surface area contributed by atoms with Crippen LogP contribution < -0.4 is 5.32 Å². The maximum absolute atomic E-state index is 12.7. The number of H-pyrrole nitrogens is 1. The second-order valence-electron chi connectivity index (χ2n) is 6.41. The van der Waals surface area contributed by atoms with Gasteiger partial charge in [0.05, 0.1) is 5.56 Å². The normalized spacial score (nSPS) is 11.3. The molecule has 0 saturated carbocycles.